The minimum atomic E-state index is -4.53. The largest absolute Gasteiger partial charge is 0.504 e. The smallest absolute Gasteiger partial charge is 0.416 e. The number of nitrogens with one attached hydrogen (secondary N) is 1. The van der Waals surface area contributed by atoms with E-state index in [4.69, 9.17) is 36.1 Å². The highest BCUT2D eigenvalue weighted by atomic mass is 79.9. The van der Waals surface area contributed by atoms with Crippen LogP contribution in [0.25, 0.3) is 33.4 Å². The Kier molecular flexibility index (Phi) is 32.4. The molecule has 5 amide bonds. The number of ether oxygens (including phenoxy) is 4. The fraction of sp³-hybridized carbons (Fsp3) is 0.398. The van der Waals surface area contributed by atoms with Crippen LogP contribution >= 0.6 is 15.9 Å². The lowest BCUT2D eigenvalue weighted by atomic mass is 9.99. The number of benzene rings is 6. The molecule has 6 aromatic carbocycles. The summed E-state index contributed by atoms with van der Waals surface area (Å²) in [6.07, 6.45) is -11.2. The number of carbonyl (C=O) groups excluding carboxylic acids is 5. The summed E-state index contributed by atoms with van der Waals surface area (Å²) < 4.78 is 141. The summed E-state index contributed by atoms with van der Waals surface area (Å²) in [6, 6.07) is 40.2. The number of nitrogens with zero attached hydrogens (tertiary/aromatic N) is 8. The third kappa shape index (κ3) is 26.0. The summed E-state index contributed by atoms with van der Waals surface area (Å²) in [5.74, 6) is 0.175. The van der Waals surface area contributed by atoms with E-state index in [0.29, 0.717) is 72.6 Å². The third-order valence-corrected chi connectivity index (χ3v) is 21.1. The van der Waals surface area contributed by atoms with Crippen molar-refractivity contribution in [3.8, 4) is 50.6 Å². The molecule has 125 heavy (non-hydrogen) atoms. The highest BCUT2D eigenvalue weighted by molar-refractivity contribution is 9.09. The van der Waals surface area contributed by atoms with E-state index in [-0.39, 0.29) is 124 Å². The summed E-state index contributed by atoms with van der Waals surface area (Å²) in [6.45, 7) is 32.1. The van der Waals surface area contributed by atoms with Crippen molar-refractivity contribution >= 4 is 63.3 Å². The summed E-state index contributed by atoms with van der Waals surface area (Å²) in [4.78, 5) is 85.7. The first-order chi connectivity index (χ1) is 57.9. The molecule has 6 heterocycles. The first-order valence-electron chi connectivity index (χ1n) is 40.3. The summed E-state index contributed by atoms with van der Waals surface area (Å²) in [5, 5.41) is 13.2. The van der Waals surface area contributed by atoms with Crippen LogP contribution in [0.3, 0.4) is 0 Å². The molecule has 3 unspecified atom stereocenters. The molecule has 0 saturated carbocycles. The average Bonchev–Trinajstić information content (AvgIpc) is 0.790. The molecule has 0 spiro atoms. The summed E-state index contributed by atoms with van der Waals surface area (Å²) in [7, 11) is 0. The predicted octanol–water partition coefficient (Wildman–Crippen LogP) is 20.9. The number of hydrogen-bond acceptors (Lipinski definition) is 17. The van der Waals surface area contributed by atoms with Crippen LogP contribution in [0, 0.1) is 6.92 Å². The Labute approximate surface area is 732 Å². The summed E-state index contributed by atoms with van der Waals surface area (Å²) >= 11 is 3.13. The lowest BCUT2D eigenvalue weighted by Crippen LogP contribution is -2.60. The topological polar surface area (TPSA) is 287 Å². The Morgan fingerprint density at radius 2 is 0.760 bits per heavy atom. The van der Waals surface area contributed by atoms with Gasteiger partial charge in [-0.05, 0) is 205 Å². The Morgan fingerprint density at radius 1 is 0.440 bits per heavy atom. The van der Waals surface area contributed by atoms with Gasteiger partial charge >= 0.3 is 30.7 Å². The number of rotatable bonds is 13. The van der Waals surface area contributed by atoms with Gasteiger partial charge in [0.25, 0.3) is 17.7 Å². The molecule has 3 fully saturated rings. The Bertz CT molecular complexity index is 5210. The maximum absolute atomic E-state index is 13.6. The molecule has 0 bridgehead atoms. The van der Waals surface area contributed by atoms with Crippen molar-refractivity contribution in [2.45, 2.75) is 201 Å². The van der Waals surface area contributed by atoms with Gasteiger partial charge in [0.1, 0.15) is 23.4 Å². The van der Waals surface area contributed by atoms with Crippen molar-refractivity contribution in [3.05, 3.63) is 232 Å². The number of aryl methyl sites for hydroxylation is 1. The molecule has 22 nitrogen and oxygen atoms in total. The lowest BCUT2D eigenvalue weighted by molar-refractivity contribution is -0.139. The second-order valence-corrected chi connectivity index (χ2v) is 34.6. The van der Waals surface area contributed by atoms with Crippen LogP contribution in [-0.4, -0.2) is 161 Å². The maximum atomic E-state index is 13.6. The number of aromatic hydroxyl groups is 1. The van der Waals surface area contributed by atoms with Crippen LogP contribution in [0.2, 0.25) is 0 Å². The van der Waals surface area contributed by atoms with E-state index in [9.17, 15) is 68.6 Å². The number of nitrogens with two attached hydrogens (primary N) is 3. The normalized spacial score (nSPS) is 18.1. The Morgan fingerprint density at radius 3 is 1.10 bits per heavy atom. The standard InChI is InChI=1S/C33H39F3N4O4.C27H29F3N4O2.C23H30N4O4.C9H8BrF3.CH4/c1-19-14-23(12-13-25(19)30(41)39-17-20(2)40(21(3)18-39)31(42)44-32(5,6)7)24-15-28(29(37)38-16-24)43-22(4)26-10-8-9-11-27(26)33(34,35)36;1-16-14-34(15-17(2)33-16)26(35)20-10-8-19(9-11-20)21-12-24(25(31)32-13-21)36-18(3)22-6-4-5-7-23(22)27(28,29)30;1-14-12-26(13-15(2)27(14)22(30)31-23(3,4)5)21(29)17-8-6-16(7-9-17)18-10-19(28)20(24)25-11-18;1-6(10)7-4-2-3-5-8(7)9(11,12)13;/h8-16,20-22H,17-18H2,1-7H3,(H2,37,38);4-13,16-18,33H,14-15H2,1-3H3,(H2,31,32);6-11,14-15,28H,12-13H2,1-5H3,(H2,24,25);2-6H,1H3;1H4/t20-,21+,22?;16-,17+,18?;14-,15+;;. The van der Waals surface area contributed by atoms with E-state index in [1.54, 1.807) is 106 Å². The Balaban J connectivity index is 0.000000218. The highest BCUT2D eigenvalue weighted by Gasteiger charge is 2.42. The van der Waals surface area contributed by atoms with Gasteiger partial charge in [-0.2, -0.15) is 39.5 Å². The predicted molar refractivity (Wildman–Crippen MR) is 469 cm³/mol. The zero-order valence-corrected chi connectivity index (χ0v) is 73.5. The number of piperazine rings is 3. The molecule has 12 rings (SSSR count). The van der Waals surface area contributed by atoms with Crippen molar-refractivity contribution in [2.24, 2.45) is 0 Å². The minimum Gasteiger partial charge on any atom is -0.504 e. The van der Waals surface area contributed by atoms with Crippen molar-refractivity contribution in [1.82, 2.24) is 44.8 Å². The molecule has 9 atom stereocenters. The van der Waals surface area contributed by atoms with E-state index >= 15 is 0 Å². The first-order valence-corrected chi connectivity index (χ1v) is 41.2. The van der Waals surface area contributed by atoms with Crippen LogP contribution < -0.4 is 32.0 Å². The second kappa shape index (κ2) is 41.0. The molecule has 0 aliphatic carbocycles. The van der Waals surface area contributed by atoms with Gasteiger partial charge in [0.05, 0.1) is 40.9 Å². The molecule has 8 N–H and O–H groups in total. The number of aromatic nitrogens is 3. The number of alkyl halides is 10. The van der Waals surface area contributed by atoms with Crippen molar-refractivity contribution in [3.63, 3.8) is 0 Å². The average molecular weight is 1810 g/mol. The van der Waals surface area contributed by atoms with E-state index in [1.165, 1.54) is 62.4 Å². The van der Waals surface area contributed by atoms with Crippen molar-refractivity contribution in [2.75, 3.05) is 56.5 Å². The van der Waals surface area contributed by atoms with Crippen LogP contribution in [0.15, 0.2) is 176 Å². The maximum Gasteiger partial charge on any atom is 0.416 e. The van der Waals surface area contributed by atoms with Gasteiger partial charge in [0.2, 0.25) is 0 Å². The summed E-state index contributed by atoms with van der Waals surface area (Å²) in [5.41, 5.74) is 21.2. The SMILES string of the molecule is C.CC(Br)c1ccccc1C(F)(F)F.CC(Oc1cc(-c2ccc(C(=O)N3C[C@@H](C)N[C@@H](C)C3)cc2)cnc1N)c1ccccc1C(F)(F)F.C[C@@H]1CN(C(=O)c2ccc(-c3cnc(N)c(O)c3)cc2)C[C@H](C)N1C(=O)OC(C)(C)C.Cc1cc(-c2cnc(N)c(OC(C)c3ccccc3C(F)(F)F)c2)ccc1C(=O)N1C[C@@H](C)N(C(=O)OC(C)(C)C)[C@@H](C)C1. The van der Waals surface area contributed by atoms with E-state index in [0.717, 1.165) is 40.5 Å². The third-order valence-electron chi connectivity index (χ3n) is 20.6. The van der Waals surface area contributed by atoms with Crippen LogP contribution in [0.4, 0.5) is 66.6 Å². The van der Waals surface area contributed by atoms with Gasteiger partial charge in [-0.25, -0.2) is 24.5 Å². The number of carbonyl (C=O) groups is 5. The number of halogens is 10. The van der Waals surface area contributed by atoms with Crippen LogP contribution in [-0.2, 0) is 28.0 Å². The lowest BCUT2D eigenvalue weighted by Gasteiger charge is -2.44. The van der Waals surface area contributed by atoms with Gasteiger partial charge in [-0.3, -0.25) is 24.2 Å². The van der Waals surface area contributed by atoms with E-state index in [2.05, 4.69) is 50.0 Å². The zero-order valence-electron chi connectivity index (χ0n) is 71.9. The molecule has 3 saturated heterocycles. The molecule has 9 aromatic rings. The fourth-order valence-electron chi connectivity index (χ4n) is 14.9. The molecule has 3 aliphatic rings. The van der Waals surface area contributed by atoms with Crippen molar-refractivity contribution < 1.29 is 87.5 Å². The first kappa shape index (κ1) is 98.8. The molecular weight excluding hydrogens is 1700 g/mol. The van der Waals surface area contributed by atoms with Crippen molar-refractivity contribution in [1.29, 1.82) is 0 Å². The van der Waals surface area contributed by atoms with Gasteiger partial charge in [0.15, 0.2) is 34.7 Å². The molecule has 672 valence electrons. The number of hydrogen-bond donors (Lipinski definition) is 5. The molecule has 3 aliphatic heterocycles. The van der Waals surface area contributed by atoms with Gasteiger partial charge in [-0.1, -0.05) is 114 Å². The van der Waals surface area contributed by atoms with E-state index < -0.39 is 64.7 Å². The monoisotopic (exact) mass is 1800 g/mol. The number of amides is 5. The number of anilines is 3. The quantitative estimate of drug-likeness (QED) is 0.0529. The van der Waals surface area contributed by atoms with Gasteiger partial charge in [0, 0.05) is 119 Å². The van der Waals surface area contributed by atoms with E-state index in [1.807, 2.05) is 111 Å². The van der Waals surface area contributed by atoms with Gasteiger partial charge in [-0.15, -0.1) is 0 Å². The second-order valence-electron chi connectivity index (χ2n) is 33.2. The molecule has 3 aromatic heterocycles. The molecule has 0 radical (unpaired) electrons. The van der Waals surface area contributed by atoms with Crippen LogP contribution in [0.1, 0.15) is 198 Å². The Hall–Kier alpha value is -11.7. The van der Waals surface area contributed by atoms with Crippen LogP contribution in [0.5, 0.6) is 17.2 Å². The zero-order chi connectivity index (χ0) is 91.6. The number of pyridine rings is 3. The fourth-order valence-corrected chi connectivity index (χ4v) is 15.3. The number of nitrogen functional groups attached to an aromatic ring is 3. The molecular formula is C93H110BrF9N12O10. The minimum absolute atomic E-state index is 0. The molecule has 32 heteroatoms. The van der Waals surface area contributed by atoms with Gasteiger partial charge < -0.3 is 61.3 Å². The highest BCUT2D eigenvalue weighted by Crippen LogP contribution is 2.42.